The molecule has 3 N–H and O–H groups in total. The average Bonchev–Trinajstić information content (AvgIpc) is 2.90. The Hall–Kier alpha value is -2.66. The largest absolute Gasteiger partial charge is 0.506 e. The fraction of sp³-hybridized carbons (Fsp3) is 0.526. The van der Waals surface area contributed by atoms with Crippen LogP contribution in [0.1, 0.15) is 32.6 Å². The molecule has 1 aliphatic carbocycles. The third kappa shape index (κ3) is 3.74. The van der Waals surface area contributed by atoms with Crippen LogP contribution in [-0.2, 0) is 19.6 Å². The molecule has 2 unspecified atom stereocenters. The van der Waals surface area contributed by atoms with Crippen LogP contribution < -0.4 is 10.6 Å². The van der Waals surface area contributed by atoms with Crippen LogP contribution in [0.25, 0.3) is 0 Å². The quantitative estimate of drug-likeness (QED) is 0.465. The molecule has 11 heteroatoms. The Bertz CT molecular complexity index is 993. The first-order valence-corrected chi connectivity index (χ1v) is 11.1. The van der Waals surface area contributed by atoms with Crippen molar-refractivity contribution >= 4 is 33.6 Å². The second-order valence-corrected chi connectivity index (χ2v) is 10.1. The van der Waals surface area contributed by atoms with E-state index in [0.29, 0.717) is 6.42 Å². The number of hydrogen-bond acceptors (Lipinski definition) is 6. The number of nitrogens with one attached hydrogen (secondary N) is 2. The highest BCUT2D eigenvalue weighted by atomic mass is 32.2. The molecule has 10 nitrogen and oxygen atoms in total. The van der Waals surface area contributed by atoms with Crippen LogP contribution in [0, 0.1) is 5.92 Å². The van der Waals surface area contributed by atoms with Gasteiger partial charge in [-0.15, -0.1) is 0 Å². The van der Waals surface area contributed by atoms with Crippen molar-refractivity contribution in [3.63, 3.8) is 0 Å². The van der Waals surface area contributed by atoms with Gasteiger partial charge in [-0.25, -0.2) is 17.5 Å². The van der Waals surface area contributed by atoms with Gasteiger partial charge in [0.05, 0.1) is 10.6 Å². The number of phenols is 1. The van der Waals surface area contributed by atoms with Crippen LogP contribution in [-0.4, -0.2) is 66.8 Å². The van der Waals surface area contributed by atoms with Crippen molar-refractivity contribution in [3.05, 3.63) is 18.2 Å². The van der Waals surface area contributed by atoms with Gasteiger partial charge < -0.3 is 15.7 Å². The molecule has 2 aliphatic rings. The Morgan fingerprint density at radius 3 is 2.67 bits per heavy atom. The van der Waals surface area contributed by atoms with Gasteiger partial charge in [0.1, 0.15) is 17.8 Å². The van der Waals surface area contributed by atoms with E-state index in [1.54, 1.807) is 0 Å². The Balaban J connectivity index is 1.76. The molecule has 0 bridgehead atoms. The summed E-state index contributed by atoms with van der Waals surface area (Å²) in [4.78, 5) is 38.6. The molecule has 1 aromatic carbocycles. The third-order valence-electron chi connectivity index (χ3n) is 5.82. The fourth-order valence-electron chi connectivity index (χ4n) is 3.96. The van der Waals surface area contributed by atoms with Crippen molar-refractivity contribution in [2.45, 2.75) is 43.0 Å². The molecule has 1 aliphatic heterocycles. The zero-order valence-electron chi connectivity index (χ0n) is 17.1. The van der Waals surface area contributed by atoms with Crippen molar-refractivity contribution in [1.82, 2.24) is 14.5 Å². The smallest absolute Gasteiger partial charge is 0.325 e. The molecule has 2 fully saturated rings. The highest BCUT2D eigenvalue weighted by molar-refractivity contribution is 7.89. The van der Waals surface area contributed by atoms with E-state index < -0.39 is 40.0 Å². The van der Waals surface area contributed by atoms with Crippen molar-refractivity contribution in [3.8, 4) is 5.75 Å². The number of carbonyl (C=O) groups is 3. The van der Waals surface area contributed by atoms with E-state index in [0.717, 1.165) is 40.6 Å². The molecule has 30 heavy (non-hydrogen) atoms. The standard InChI is InChI=1S/C19H26N4O6S/c1-12-6-4-5-9-19(12)17(26)23(18(27)21-19)11-16(25)20-14-10-13(7-8-15(14)24)30(28,29)22(2)3/h7-8,10,12,24H,4-6,9,11H2,1-3H3,(H,20,25)(H,21,27). The summed E-state index contributed by atoms with van der Waals surface area (Å²) in [5.74, 6) is -1.53. The summed E-state index contributed by atoms with van der Waals surface area (Å²) < 4.78 is 25.6. The van der Waals surface area contributed by atoms with Crippen LogP contribution in [0.2, 0.25) is 0 Å². The van der Waals surface area contributed by atoms with E-state index >= 15 is 0 Å². The minimum Gasteiger partial charge on any atom is -0.506 e. The first kappa shape index (κ1) is 22.0. The molecule has 2 atom stereocenters. The molecule has 1 heterocycles. The predicted molar refractivity (Wildman–Crippen MR) is 108 cm³/mol. The lowest BCUT2D eigenvalue weighted by Gasteiger charge is -2.36. The van der Waals surface area contributed by atoms with Crippen LogP contribution in [0.4, 0.5) is 10.5 Å². The number of phenolic OH excluding ortho intramolecular Hbond substituents is 1. The van der Waals surface area contributed by atoms with Gasteiger partial charge in [0.2, 0.25) is 15.9 Å². The topological polar surface area (TPSA) is 136 Å². The number of nitrogens with zero attached hydrogens (tertiary/aromatic N) is 2. The number of anilines is 1. The summed E-state index contributed by atoms with van der Waals surface area (Å²) in [6.07, 6.45) is 3.14. The zero-order valence-corrected chi connectivity index (χ0v) is 18.0. The van der Waals surface area contributed by atoms with E-state index in [-0.39, 0.29) is 22.3 Å². The minimum atomic E-state index is -3.77. The van der Waals surface area contributed by atoms with E-state index in [1.807, 2.05) is 6.92 Å². The van der Waals surface area contributed by atoms with Crippen molar-refractivity contribution in [1.29, 1.82) is 0 Å². The highest BCUT2D eigenvalue weighted by Crippen LogP contribution is 2.38. The van der Waals surface area contributed by atoms with Gasteiger partial charge in [-0.1, -0.05) is 19.8 Å². The van der Waals surface area contributed by atoms with Gasteiger partial charge in [0.15, 0.2) is 0 Å². The summed E-state index contributed by atoms with van der Waals surface area (Å²) in [6, 6.07) is 2.86. The Morgan fingerprint density at radius 1 is 1.33 bits per heavy atom. The Morgan fingerprint density at radius 2 is 2.03 bits per heavy atom. The maximum atomic E-state index is 12.9. The van der Waals surface area contributed by atoms with Gasteiger partial charge >= 0.3 is 6.03 Å². The van der Waals surface area contributed by atoms with Crippen LogP contribution in [0.15, 0.2) is 23.1 Å². The molecule has 0 radical (unpaired) electrons. The SMILES string of the molecule is CC1CCCCC12NC(=O)N(CC(=O)Nc1cc(S(=O)(=O)N(C)C)ccc1O)C2=O. The van der Waals surface area contributed by atoms with Crippen molar-refractivity contribution < 1.29 is 27.9 Å². The number of benzene rings is 1. The molecule has 1 spiro atoms. The first-order valence-electron chi connectivity index (χ1n) is 9.68. The van der Waals surface area contributed by atoms with Gasteiger partial charge in [0, 0.05) is 14.1 Å². The molecule has 1 saturated carbocycles. The van der Waals surface area contributed by atoms with Crippen LogP contribution in [0.5, 0.6) is 5.75 Å². The van der Waals surface area contributed by atoms with Crippen molar-refractivity contribution in [2.75, 3.05) is 26.0 Å². The molecule has 164 valence electrons. The zero-order chi connectivity index (χ0) is 22.3. The van der Waals surface area contributed by atoms with Gasteiger partial charge in [-0.2, -0.15) is 0 Å². The average molecular weight is 439 g/mol. The maximum absolute atomic E-state index is 12.9. The molecule has 4 amide bonds. The van der Waals surface area contributed by atoms with E-state index in [2.05, 4.69) is 10.6 Å². The van der Waals surface area contributed by atoms with Crippen LogP contribution >= 0.6 is 0 Å². The van der Waals surface area contributed by atoms with Gasteiger partial charge in [-0.3, -0.25) is 14.5 Å². The monoisotopic (exact) mass is 438 g/mol. The summed E-state index contributed by atoms with van der Waals surface area (Å²) in [5.41, 5.74) is -1.10. The molecule has 1 aromatic rings. The van der Waals surface area contributed by atoms with Gasteiger partial charge in [-0.05, 0) is 37.0 Å². The minimum absolute atomic E-state index is 0.0345. The second-order valence-electron chi connectivity index (χ2n) is 7.95. The lowest BCUT2D eigenvalue weighted by atomic mass is 9.73. The number of aromatic hydroxyl groups is 1. The fourth-order valence-corrected chi connectivity index (χ4v) is 4.89. The number of urea groups is 1. The number of sulfonamides is 1. The Kier molecular flexibility index (Phi) is 5.79. The number of carbonyl (C=O) groups excluding carboxylic acids is 3. The van der Waals surface area contributed by atoms with E-state index in [1.165, 1.54) is 20.2 Å². The molecule has 1 saturated heterocycles. The predicted octanol–water partition coefficient (Wildman–Crippen LogP) is 1.08. The van der Waals surface area contributed by atoms with E-state index in [9.17, 15) is 27.9 Å². The number of hydrogen-bond donors (Lipinski definition) is 3. The summed E-state index contributed by atoms with van der Waals surface area (Å²) >= 11 is 0. The van der Waals surface area contributed by atoms with Crippen molar-refractivity contribution in [2.24, 2.45) is 5.92 Å². The summed E-state index contributed by atoms with van der Waals surface area (Å²) in [7, 11) is -1.05. The second kappa shape index (κ2) is 7.88. The number of amides is 4. The maximum Gasteiger partial charge on any atom is 0.325 e. The molecular weight excluding hydrogens is 412 g/mol. The summed E-state index contributed by atoms with van der Waals surface area (Å²) in [5, 5.41) is 15.2. The summed E-state index contributed by atoms with van der Waals surface area (Å²) in [6.45, 7) is 1.37. The molecular formula is C19H26N4O6S. The van der Waals surface area contributed by atoms with Gasteiger partial charge in [0.25, 0.3) is 5.91 Å². The Labute approximate surface area is 175 Å². The molecule has 3 rings (SSSR count). The lowest BCUT2D eigenvalue weighted by molar-refractivity contribution is -0.136. The normalized spacial score (nSPS) is 24.4. The highest BCUT2D eigenvalue weighted by Gasteiger charge is 2.55. The number of imide groups is 1. The lowest BCUT2D eigenvalue weighted by Crippen LogP contribution is -2.54. The first-order chi connectivity index (χ1) is 14.0. The molecule has 0 aromatic heterocycles. The van der Waals surface area contributed by atoms with Crippen LogP contribution in [0.3, 0.4) is 0 Å². The van der Waals surface area contributed by atoms with E-state index in [4.69, 9.17) is 0 Å². The third-order valence-corrected chi connectivity index (χ3v) is 7.63. The number of rotatable bonds is 5.